The second kappa shape index (κ2) is 8.12. The predicted octanol–water partition coefficient (Wildman–Crippen LogP) is 6.37. The van der Waals surface area contributed by atoms with Crippen molar-refractivity contribution < 1.29 is 0 Å². The lowest BCUT2D eigenvalue weighted by Gasteiger charge is -2.28. The topological polar surface area (TPSA) is 0 Å². The third-order valence-corrected chi connectivity index (χ3v) is 5.83. The van der Waals surface area contributed by atoms with Gasteiger partial charge < -0.3 is 0 Å². The van der Waals surface area contributed by atoms with E-state index in [9.17, 15) is 0 Å². The number of rotatable bonds is 6. The third kappa shape index (κ3) is 5.32. The van der Waals surface area contributed by atoms with Crippen LogP contribution in [0.15, 0.2) is 12.7 Å². The van der Waals surface area contributed by atoms with E-state index in [4.69, 9.17) is 0 Å². The molecule has 2 rings (SSSR count). The molecule has 2 aliphatic rings. The number of allylic oxidation sites excluding steroid dienone is 1. The van der Waals surface area contributed by atoms with Crippen LogP contribution in [-0.2, 0) is 0 Å². The molecule has 0 heterocycles. The lowest BCUT2D eigenvalue weighted by Crippen LogP contribution is -2.14. The van der Waals surface area contributed by atoms with Crippen LogP contribution < -0.4 is 0 Å². The summed E-state index contributed by atoms with van der Waals surface area (Å²) in [6, 6.07) is 0. The van der Waals surface area contributed by atoms with Gasteiger partial charge in [-0.05, 0) is 49.4 Å². The summed E-state index contributed by atoms with van der Waals surface area (Å²) in [7, 11) is 0. The lowest BCUT2D eigenvalue weighted by atomic mass is 9.78. The lowest BCUT2D eigenvalue weighted by molar-refractivity contribution is 0.259. The summed E-state index contributed by atoms with van der Waals surface area (Å²) in [6.45, 7) is 6.37. The SMILES string of the molecule is C=CC1CCC(CCCC[C@H]2CC[C@H](C)CC2)CC1. The van der Waals surface area contributed by atoms with Crippen molar-refractivity contribution in [3.63, 3.8) is 0 Å². The van der Waals surface area contributed by atoms with E-state index in [1.54, 1.807) is 0 Å². The fraction of sp³-hybridized carbons (Fsp3) is 0.895. The molecule has 0 amide bonds. The van der Waals surface area contributed by atoms with Crippen molar-refractivity contribution in [2.45, 2.75) is 84.0 Å². The molecule has 0 unspecified atom stereocenters. The molecule has 0 saturated heterocycles. The molecule has 0 aromatic heterocycles. The molecule has 2 fully saturated rings. The van der Waals surface area contributed by atoms with Crippen LogP contribution in [0.5, 0.6) is 0 Å². The number of hydrogen-bond acceptors (Lipinski definition) is 0. The Morgan fingerprint density at radius 2 is 1.26 bits per heavy atom. The van der Waals surface area contributed by atoms with Gasteiger partial charge in [-0.1, -0.05) is 64.4 Å². The van der Waals surface area contributed by atoms with Crippen molar-refractivity contribution in [2.24, 2.45) is 23.7 Å². The van der Waals surface area contributed by atoms with Gasteiger partial charge in [0.1, 0.15) is 0 Å². The largest absolute Gasteiger partial charge is 0.103 e. The first-order valence-electron chi connectivity index (χ1n) is 8.90. The van der Waals surface area contributed by atoms with E-state index >= 15 is 0 Å². The Morgan fingerprint density at radius 1 is 0.789 bits per heavy atom. The highest BCUT2D eigenvalue weighted by atomic mass is 14.3. The highest BCUT2D eigenvalue weighted by Gasteiger charge is 2.20. The minimum atomic E-state index is 0.834. The molecule has 0 N–H and O–H groups in total. The van der Waals surface area contributed by atoms with E-state index in [2.05, 4.69) is 19.6 Å². The Labute approximate surface area is 121 Å². The zero-order valence-corrected chi connectivity index (χ0v) is 13.1. The maximum Gasteiger partial charge on any atom is -0.0236 e. The number of hydrogen-bond donors (Lipinski definition) is 0. The molecular weight excluding hydrogens is 228 g/mol. The van der Waals surface area contributed by atoms with Crippen LogP contribution in [0.25, 0.3) is 0 Å². The number of unbranched alkanes of at least 4 members (excludes halogenated alkanes) is 1. The summed E-state index contributed by atoms with van der Waals surface area (Å²) in [5.41, 5.74) is 0. The van der Waals surface area contributed by atoms with Crippen molar-refractivity contribution in [1.29, 1.82) is 0 Å². The van der Waals surface area contributed by atoms with Gasteiger partial charge in [0.25, 0.3) is 0 Å². The molecule has 19 heavy (non-hydrogen) atoms. The molecular formula is C19H34. The van der Waals surface area contributed by atoms with Crippen molar-refractivity contribution in [3.05, 3.63) is 12.7 Å². The van der Waals surface area contributed by atoms with Crippen molar-refractivity contribution in [1.82, 2.24) is 0 Å². The van der Waals surface area contributed by atoms with Crippen molar-refractivity contribution in [3.8, 4) is 0 Å². The molecule has 2 saturated carbocycles. The molecule has 0 aliphatic heterocycles. The van der Waals surface area contributed by atoms with E-state index in [1.807, 2.05) is 0 Å². The second-order valence-corrected chi connectivity index (χ2v) is 7.43. The van der Waals surface area contributed by atoms with Crippen LogP contribution in [0.2, 0.25) is 0 Å². The molecule has 0 spiro atoms. The highest BCUT2D eigenvalue weighted by Crippen LogP contribution is 2.34. The fourth-order valence-electron chi connectivity index (χ4n) is 4.20. The smallest absolute Gasteiger partial charge is 0.0236 e. The van der Waals surface area contributed by atoms with E-state index in [1.165, 1.54) is 77.0 Å². The van der Waals surface area contributed by atoms with Gasteiger partial charge in [0, 0.05) is 0 Å². The van der Waals surface area contributed by atoms with Gasteiger partial charge in [-0.2, -0.15) is 0 Å². The second-order valence-electron chi connectivity index (χ2n) is 7.43. The summed E-state index contributed by atoms with van der Waals surface area (Å²) in [5.74, 6) is 3.96. The highest BCUT2D eigenvalue weighted by molar-refractivity contribution is 4.84. The maximum atomic E-state index is 3.94. The molecule has 0 atom stereocenters. The van der Waals surface area contributed by atoms with Gasteiger partial charge in [-0.3, -0.25) is 0 Å². The first-order chi connectivity index (χ1) is 9.28. The first kappa shape index (κ1) is 15.1. The normalized spacial score (nSPS) is 36.1. The van der Waals surface area contributed by atoms with Gasteiger partial charge in [-0.25, -0.2) is 0 Å². The zero-order chi connectivity index (χ0) is 13.5. The van der Waals surface area contributed by atoms with Crippen LogP contribution in [-0.4, -0.2) is 0 Å². The van der Waals surface area contributed by atoms with E-state index in [0.29, 0.717) is 0 Å². The summed E-state index contributed by atoms with van der Waals surface area (Å²) in [6.07, 6.45) is 20.0. The predicted molar refractivity (Wildman–Crippen MR) is 85.2 cm³/mol. The maximum absolute atomic E-state index is 3.94. The summed E-state index contributed by atoms with van der Waals surface area (Å²) in [4.78, 5) is 0. The molecule has 0 heteroatoms. The Morgan fingerprint density at radius 3 is 1.74 bits per heavy atom. The average molecular weight is 262 g/mol. The van der Waals surface area contributed by atoms with Gasteiger partial charge >= 0.3 is 0 Å². The van der Waals surface area contributed by atoms with Crippen molar-refractivity contribution in [2.75, 3.05) is 0 Å². The summed E-state index contributed by atoms with van der Waals surface area (Å²) >= 11 is 0. The van der Waals surface area contributed by atoms with Crippen LogP contribution in [0.1, 0.15) is 84.0 Å². The van der Waals surface area contributed by atoms with E-state index < -0.39 is 0 Å². The quantitative estimate of drug-likeness (QED) is 0.385. The zero-order valence-electron chi connectivity index (χ0n) is 13.1. The average Bonchev–Trinajstić information content (AvgIpc) is 2.46. The molecule has 0 aromatic rings. The van der Waals surface area contributed by atoms with E-state index in [-0.39, 0.29) is 0 Å². The fourth-order valence-corrected chi connectivity index (χ4v) is 4.20. The summed E-state index contributed by atoms with van der Waals surface area (Å²) < 4.78 is 0. The monoisotopic (exact) mass is 262 g/mol. The van der Waals surface area contributed by atoms with Gasteiger partial charge in [-0.15, -0.1) is 6.58 Å². The Hall–Kier alpha value is -0.260. The van der Waals surface area contributed by atoms with Crippen LogP contribution >= 0.6 is 0 Å². The minimum Gasteiger partial charge on any atom is -0.103 e. The first-order valence-corrected chi connectivity index (χ1v) is 8.90. The Balaban J connectivity index is 1.49. The molecule has 110 valence electrons. The van der Waals surface area contributed by atoms with Crippen LogP contribution in [0.4, 0.5) is 0 Å². The van der Waals surface area contributed by atoms with Gasteiger partial charge in [0.05, 0.1) is 0 Å². The van der Waals surface area contributed by atoms with Gasteiger partial charge in [0.2, 0.25) is 0 Å². The molecule has 0 radical (unpaired) electrons. The molecule has 0 nitrogen and oxygen atoms in total. The van der Waals surface area contributed by atoms with Gasteiger partial charge in [0.15, 0.2) is 0 Å². The molecule has 0 aromatic carbocycles. The van der Waals surface area contributed by atoms with Crippen LogP contribution in [0, 0.1) is 23.7 Å². The van der Waals surface area contributed by atoms with Crippen molar-refractivity contribution >= 4 is 0 Å². The molecule has 0 bridgehead atoms. The van der Waals surface area contributed by atoms with E-state index in [0.717, 1.165) is 23.7 Å². The Bertz CT molecular complexity index is 239. The summed E-state index contributed by atoms with van der Waals surface area (Å²) in [5, 5.41) is 0. The van der Waals surface area contributed by atoms with Crippen LogP contribution in [0.3, 0.4) is 0 Å². The Kier molecular flexibility index (Phi) is 6.47. The third-order valence-electron chi connectivity index (χ3n) is 5.83. The molecule has 2 aliphatic carbocycles. The standard InChI is InChI=1S/C19H34/c1-3-17-12-14-19(15-13-17)7-5-4-6-18-10-8-16(2)9-11-18/h3,16-19H,1,4-15H2,2H3/t16-,17?,18-,19?. The minimum absolute atomic E-state index is 0.834.